The maximum Gasteiger partial charge on any atom is 0.191 e. The highest BCUT2D eigenvalue weighted by atomic mass is 127. The number of rotatable bonds is 11. The average molecular weight is 415 g/mol. The Labute approximate surface area is 147 Å². The van der Waals surface area contributed by atoms with Crippen LogP contribution < -0.4 is 10.6 Å². The van der Waals surface area contributed by atoms with Gasteiger partial charge in [0.05, 0.1) is 13.2 Å². The molecule has 2 N–H and O–H groups in total. The number of methoxy groups -OCH3 is 1. The van der Waals surface area contributed by atoms with Gasteiger partial charge in [-0.1, -0.05) is 13.8 Å². The van der Waals surface area contributed by atoms with Crippen LogP contribution >= 0.6 is 24.0 Å². The lowest BCUT2D eigenvalue weighted by molar-refractivity contribution is 0.0690. The van der Waals surface area contributed by atoms with Crippen LogP contribution in [0.15, 0.2) is 4.99 Å². The highest BCUT2D eigenvalue weighted by Crippen LogP contribution is 1.99. The van der Waals surface area contributed by atoms with E-state index in [1.165, 1.54) is 0 Å². The van der Waals surface area contributed by atoms with E-state index in [4.69, 9.17) is 9.47 Å². The molecule has 5 nitrogen and oxygen atoms in total. The molecule has 21 heavy (non-hydrogen) atoms. The summed E-state index contributed by atoms with van der Waals surface area (Å²) in [5.41, 5.74) is 0. The number of nitrogens with zero attached hydrogens (tertiary/aromatic N) is 1. The number of hydrogen-bond acceptors (Lipinski definition) is 3. The van der Waals surface area contributed by atoms with Crippen LogP contribution in [0, 0.1) is 5.92 Å². The van der Waals surface area contributed by atoms with Crippen molar-refractivity contribution < 1.29 is 9.47 Å². The Morgan fingerprint density at radius 3 is 2.38 bits per heavy atom. The van der Waals surface area contributed by atoms with E-state index < -0.39 is 0 Å². The lowest BCUT2D eigenvalue weighted by atomic mass is 10.1. The zero-order valence-corrected chi connectivity index (χ0v) is 16.6. The van der Waals surface area contributed by atoms with Crippen LogP contribution in [-0.2, 0) is 9.47 Å². The number of halogens is 1. The highest BCUT2D eigenvalue weighted by molar-refractivity contribution is 14.0. The van der Waals surface area contributed by atoms with Crippen molar-refractivity contribution in [3.63, 3.8) is 0 Å². The van der Waals surface area contributed by atoms with Gasteiger partial charge in [0.25, 0.3) is 0 Å². The molecule has 0 aromatic rings. The topological polar surface area (TPSA) is 54.9 Å². The first-order valence-corrected chi connectivity index (χ1v) is 7.73. The first kappa shape index (κ1) is 23.2. The first-order valence-electron chi connectivity index (χ1n) is 7.73. The van der Waals surface area contributed by atoms with E-state index in [1.807, 2.05) is 0 Å². The van der Waals surface area contributed by atoms with Gasteiger partial charge in [0, 0.05) is 32.8 Å². The Hall–Kier alpha value is -0.0800. The summed E-state index contributed by atoms with van der Waals surface area (Å²) < 4.78 is 10.3. The highest BCUT2D eigenvalue weighted by Gasteiger charge is 2.08. The fraction of sp³-hybridized carbons (Fsp3) is 0.933. The molecule has 1 unspecified atom stereocenters. The zero-order chi connectivity index (χ0) is 15.2. The number of unbranched alkanes of at least 4 members (excludes halogenated alkanes) is 1. The van der Waals surface area contributed by atoms with Crippen molar-refractivity contribution in [2.75, 3.05) is 40.0 Å². The molecule has 0 heterocycles. The van der Waals surface area contributed by atoms with Crippen LogP contribution in [0.4, 0.5) is 0 Å². The van der Waals surface area contributed by atoms with Crippen molar-refractivity contribution in [3.05, 3.63) is 0 Å². The van der Waals surface area contributed by atoms with Gasteiger partial charge in [0.1, 0.15) is 0 Å². The lowest BCUT2D eigenvalue weighted by Gasteiger charge is -2.20. The molecule has 0 aromatic heterocycles. The fourth-order valence-electron chi connectivity index (χ4n) is 1.45. The second-order valence-corrected chi connectivity index (χ2v) is 5.25. The summed E-state index contributed by atoms with van der Waals surface area (Å²) in [6, 6.07) is 0.421. The predicted molar refractivity (Wildman–Crippen MR) is 101 cm³/mol. The molecule has 0 aliphatic rings. The Bertz CT molecular complexity index is 251. The van der Waals surface area contributed by atoms with Crippen LogP contribution in [0.1, 0.15) is 40.5 Å². The van der Waals surface area contributed by atoms with E-state index in [0.29, 0.717) is 25.2 Å². The van der Waals surface area contributed by atoms with E-state index >= 15 is 0 Å². The van der Waals surface area contributed by atoms with E-state index in [2.05, 4.69) is 43.3 Å². The zero-order valence-electron chi connectivity index (χ0n) is 14.3. The van der Waals surface area contributed by atoms with Gasteiger partial charge < -0.3 is 20.1 Å². The molecule has 0 amide bonds. The minimum atomic E-state index is 0. The van der Waals surface area contributed by atoms with Crippen molar-refractivity contribution in [1.29, 1.82) is 0 Å². The Morgan fingerprint density at radius 1 is 1.10 bits per heavy atom. The van der Waals surface area contributed by atoms with Crippen molar-refractivity contribution in [2.24, 2.45) is 10.9 Å². The summed E-state index contributed by atoms with van der Waals surface area (Å²) in [7, 11) is 1.69. The van der Waals surface area contributed by atoms with Gasteiger partial charge in [0.2, 0.25) is 0 Å². The van der Waals surface area contributed by atoms with Crippen molar-refractivity contribution in [3.8, 4) is 0 Å². The SMILES string of the molecule is CCNC(=NCCCCOCCOC)NC(C)C(C)C.I. The Morgan fingerprint density at radius 2 is 1.81 bits per heavy atom. The number of guanidine groups is 1. The van der Waals surface area contributed by atoms with E-state index in [-0.39, 0.29) is 24.0 Å². The van der Waals surface area contributed by atoms with Crippen molar-refractivity contribution >= 4 is 29.9 Å². The average Bonchev–Trinajstić information content (AvgIpc) is 2.41. The molecule has 0 rings (SSSR count). The number of nitrogens with one attached hydrogen (secondary N) is 2. The van der Waals surface area contributed by atoms with E-state index in [9.17, 15) is 0 Å². The Balaban J connectivity index is 0. The summed E-state index contributed by atoms with van der Waals surface area (Å²) >= 11 is 0. The van der Waals surface area contributed by atoms with Crippen LogP contribution in [0.3, 0.4) is 0 Å². The second-order valence-electron chi connectivity index (χ2n) is 5.25. The van der Waals surface area contributed by atoms with Gasteiger partial charge in [-0.05, 0) is 32.6 Å². The first-order chi connectivity index (χ1) is 9.61. The molecule has 0 fully saturated rings. The second kappa shape index (κ2) is 16.3. The summed E-state index contributed by atoms with van der Waals surface area (Å²) in [5, 5.41) is 6.71. The van der Waals surface area contributed by atoms with Crippen LogP contribution in [0.25, 0.3) is 0 Å². The molecule has 6 heteroatoms. The molecule has 0 bridgehead atoms. The minimum absolute atomic E-state index is 0. The molecule has 0 spiro atoms. The Kier molecular flexibility index (Phi) is 18.0. The monoisotopic (exact) mass is 415 g/mol. The summed E-state index contributed by atoms with van der Waals surface area (Å²) in [4.78, 5) is 4.58. The third-order valence-corrected chi connectivity index (χ3v) is 3.11. The molecule has 0 aliphatic carbocycles. The molecule has 0 aliphatic heterocycles. The van der Waals surface area contributed by atoms with Crippen molar-refractivity contribution in [2.45, 2.75) is 46.6 Å². The number of ether oxygens (including phenoxy) is 2. The molecular weight excluding hydrogens is 381 g/mol. The van der Waals surface area contributed by atoms with Gasteiger partial charge in [0.15, 0.2) is 5.96 Å². The summed E-state index contributed by atoms with van der Waals surface area (Å²) in [5.74, 6) is 1.50. The quantitative estimate of drug-likeness (QED) is 0.236. The van der Waals surface area contributed by atoms with Crippen LogP contribution in [0.2, 0.25) is 0 Å². The smallest absolute Gasteiger partial charge is 0.191 e. The van der Waals surface area contributed by atoms with E-state index in [0.717, 1.165) is 38.5 Å². The molecule has 1 atom stereocenters. The molecule has 0 radical (unpaired) electrons. The lowest BCUT2D eigenvalue weighted by Crippen LogP contribution is -2.44. The molecule has 128 valence electrons. The normalized spacial score (nSPS) is 13.0. The largest absolute Gasteiger partial charge is 0.382 e. The summed E-state index contributed by atoms with van der Waals surface area (Å²) in [6.07, 6.45) is 2.08. The van der Waals surface area contributed by atoms with Gasteiger partial charge >= 0.3 is 0 Å². The standard InChI is InChI=1S/C15H33N3O2.HI/c1-6-16-15(18-14(4)13(2)3)17-9-7-8-10-20-12-11-19-5;/h13-14H,6-12H2,1-5H3,(H2,16,17,18);1H. The predicted octanol–water partition coefficient (Wildman–Crippen LogP) is 2.65. The molecule has 0 aromatic carbocycles. The van der Waals surface area contributed by atoms with E-state index in [1.54, 1.807) is 7.11 Å². The fourth-order valence-corrected chi connectivity index (χ4v) is 1.45. The van der Waals surface area contributed by atoms with Crippen LogP contribution in [0.5, 0.6) is 0 Å². The maximum absolute atomic E-state index is 5.42. The summed E-state index contributed by atoms with van der Waals surface area (Å²) in [6.45, 7) is 12.5. The van der Waals surface area contributed by atoms with Gasteiger partial charge in [-0.2, -0.15) is 0 Å². The van der Waals surface area contributed by atoms with Gasteiger partial charge in [-0.15, -0.1) is 24.0 Å². The van der Waals surface area contributed by atoms with Gasteiger partial charge in [-0.25, -0.2) is 0 Å². The molecule has 0 saturated carbocycles. The molecule has 0 saturated heterocycles. The maximum atomic E-state index is 5.42. The van der Waals surface area contributed by atoms with Crippen LogP contribution in [-0.4, -0.2) is 52.0 Å². The minimum Gasteiger partial charge on any atom is -0.382 e. The van der Waals surface area contributed by atoms with Crippen molar-refractivity contribution in [1.82, 2.24) is 10.6 Å². The number of aliphatic imine (C=N–C) groups is 1. The molecular formula is C15H34IN3O2. The number of hydrogen-bond donors (Lipinski definition) is 2. The third-order valence-electron chi connectivity index (χ3n) is 3.11. The van der Waals surface area contributed by atoms with Gasteiger partial charge in [-0.3, -0.25) is 4.99 Å². The third kappa shape index (κ3) is 14.6.